The molecule has 0 unspecified atom stereocenters. The van der Waals surface area contributed by atoms with Crippen LogP contribution in [0.25, 0.3) is 22.3 Å². The summed E-state index contributed by atoms with van der Waals surface area (Å²) >= 11 is 0. The van der Waals surface area contributed by atoms with Gasteiger partial charge in [-0.2, -0.15) is 0 Å². The Morgan fingerprint density at radius 1 is 0.367 bits per heavy atom. The van der Waals surface area contributed by atoms with E-state index in [1.807, 2.05) is 95.3 Å². The molecule has 9 rings (SSSR count). The highest BCUT2D eigenvalue weighted by Crippen LogP contribution is 2.41. The molecule has 7 heteroatoms. The predicted octanol–water partition coefficient (Wildman–Crippen LogP) is 10.9. The molecule has 0 atom stereocenters. The number of amides is 4. The van der Waals surface area contributed by atoms with Crippen molar-refractivity contribution in [2.45, 2.75) is 47.5 Å². The Labute approximate surface area is 349 Å². The van der Waals surface area contributed by atoms with Crippen molar-refractivity contribution < 1.29 is 19.2 Å². The van der Waals surface area contributed by atoms with E-state index in [0.717, 1.165) is 61.2 Å². The lowest BCUT2D eigenvalue weighted by Gasteiger charge is -2.25. The van der Waals surface area contributed by atoms with Crippen LogP contribution in [-0.4, -0.2) is 23.6 Å². The van der Waals surface area contributed by atoms with Gasteiger partial charge in [-0.3, -0.25) is 19.2 Å². The first-order valence-corrected chi connectivity index (χ1v) is 20.1. The zero-order valence-electron chi connectivity index (χ0n) is 34.2. The second-order valence-electron chi connectivity index (χ2n) is 16.4. The van der Waals surface area contributed by atoms with Crippen LogP contribution in [-0.2, 0) is 12.8 Å². The number of imide groups is 2. The topological polar surface area (TPSA) is 101 Å². The van der Waals surface area contributed by atoms with Gasteiger partial charge in [0.2, 0.25) is 0 Å². The average molecular weight is 786 g/mol. The van der Waals surface area contributed by atoms with Crippen molar-refractivity contribution in [3.8, 4) is 22.3 Å². The first kappa shape index (κ1) is 38.2. The van der Waals surface area contributed by atoms with Gasteiger partial charge in [0.25, 0.3) is 23.6 Å². The van der Waals surface area contributed by atoms with Crippen LogP contribution in [0.2, 0.25) is 0 Å². The molecule has 2 aliphatic rings. The number of nitrogen functional groups attached to an aromatic ring is 1. The van der Waals surface area contributed by atoms with E-state index in [4.69, 9.17) is 5.73 Å². The number of anilines is 3. The number of aryl methyl sites for hydroxylation is 5. The van der Waals surface area contributed by atoms with Gasteiger partial charge < -0.3 is 5.73 Å². The number of nitrogens with two attached hydrogens (primary N) is 1. The molecule has 0 aromatic heterocycles. The Hall–Kier alpha value is -7.38. The van der Waals surface area contributed by atoms with E-state index in [1.165, 1.54) is 9.80 Å². The van der Waals surface area contributed by atoms with Gasteiger partial charge >= 0.3 is 0 Å². The molecule has 7 nitrogen and oxygen atoms in total. The maximum absolute atomic E-state index is 14.7. The zero-order chi connectivity index (χ0) is 42.0. The van der Waals surface area contributed by atoms with Gasteiger partial charge in [-0.15, -0.1) is 0 Å². The lowest BCUT2D eigenvalue weighted by atomic mass is 9.93. The Balaban J connectivity index is 1.22. The monoisotopic (exact) mass is 785 g/mol. The van der Waals surface area contributed by atoms with E-state index in [9.17, 15) is 19.2 Å². The van der Waals surface area contributed by atoms with E-state index in [0.29, 0.717) is 63.3 Å². The standard InChI is InChI=1S/C53H43N3O4/c1-30-6-8-37(9-7-30)39-12-16-44-46(26-39)52(59)55(50(44)57)48-28-42(25-36-22-33(4)19-34(5)23-36)49(29-41(48)24-35-20-31(2)18-32(3)21-35)56-51(58)45-17-13-40(27-47(45)53(56)60)38-10-14-43(54)15-11-38/h6-23,26-29H,24-25,54H2,1-5H3. The Morgan fingerprint density at radius 3 is 1.12 bits per heavy atom. The van der Waals surface area contributed by atoms with Crippen molar-refractivity contribution in [1.82, 2.24) is 0 Å². The molecule has 0 aliphatic carbocycles. The molecule has 0 fully saturated rings. The van der Waals surface area contributed by atoms with Crippen LogP contribution in [0, 0.1) is 34.6 Å². The van der Waals surface area contributed by atoms with Gasteiger partial charge in [-0.05, 0) is 140 Å². The fourth-order valence-electron chi connectivity index (χ4n) is 8.84. The van der Waals surface area contributed by atoms with Crippen molar-refractivity contribution in [2.24, 2.45) is 0 Å². The molecule has 2 aliphatic heterocycles. The number of rotatable bonds is 8. The van der Waals surface area contributed by atoms with Crippen molar-refractivity contribution in [3.63, 3.8) is 0 Å². The molecule has 294 valence electrons. The van der Waals surface area contributed by atoms with Crippen LogP contribution in [0.15, 0.2) is 133 Å². The minimum Gasteiger partial charge on any atom is -0.399 e. The first-order chi connectivity index (χ1) is 28.8. The highest BCUT2D eigenvalue weighted by atomic mass is 16.2. The predicted molar refractivity (Wildman–Crippen MR) is 239 cm³/mol. The van der Waals surface area contributed by atoms with Gasteiger partial charge in [0.05, 0.1) is 33.6 Å². The third-order valence-electron chi connectivity index (χ3n) is 11.5. The molecule has 0 bridgehead atoms. The molecule has 7 aromatic carbocycles. The number of hydrogen-bond acceptors (Lipinski definition) is 5. The molecular formula is C53H43N3O4. The van der Waals surface area contributed by atoms with Crippen LogP contribution in [0.4, 0.5) is 17.1 Å². The fourth-order valence-corrected chi connectivity index (χ4v) is 8.84. The van der Waals surface area contributed by atoms with Crippen molar-refractivity contribution in [1.29, 1.82) is 0 Å². The summed E-state index contributed by atoms with van der Waals surface area (Å²) < 4.78 is 0. The third kappa shape index (κ3) is 6.88. The summed E-state index contributed by atoms with van der Waals surface area (Å²) in [5.41, 5.74) is 20.7. The van der Waals surface area contributed by atoms with E-state index >= 15 is 0 Å². The molecule has 2 N–H and O–H groups in total. The van der Waals surface area contributed by atoms with Crippen molar-refractivity contribution >= 4 is 40.7 Å². The molecule has 0 radical (unpaired) electrons. The second kappa shape index (κ2) is 14.8. The Kier molecular flexibility index (Phi) is 9.40. The summed E-state index contributed by atoms with van der Waals surface area (Å²) in [4.78, 5) is 60.9. The quantitative estimate of drug-likeness (QED) is 0.122. The SMILES string of the molecule is Cc1ccc(-c2ccc3c(c2)C(=O)N(c2cc(Cc4cc(C)cc(C)c4)c(N4C(=O)c5ccc(-c6ccc(N)cc6)cc5C4=O)cc2Cc2cc(C)cc(C)c2)C3=O)cc1. The summed E-state index contributed by atoms with van der Waals surface area (Å²) in [7, 11) is 0. The van der Waals surface area contributed by atoms with E-state index in [2.05, 4.69) is 36.4 Å². The molecule has 7 aromatic rings. The number of carbonyl (C=O) groups excluding carboxylic acids is 4. The Morgan fingerprint density at radius 2 is 0.717 bits per heavy atom. The molecule has 2 heterocycles. The van der Waals surface area contributed by atoms with Crippen LogP contribution in [0.3, 0.4) is 0 Å². The second-order valence-corrected chi connectivity index (χ2v) is 16.4. The number of fused-ring (bicyclic) bond motifs is 2. The number of nitrogens with zero attached hydrogens (tertiary/aromatic N) is 2. The number of benzene rings is 7. The van der Waals surface area contributed by atoms with Crippen LogP contribution < -0.4 is 15.5 Å². The molecule has 0 saturated carbocycles. The Bertz CT molecular complexity index is 2720. The summed E-state index contributed by atoms with van der Waals surface area (Å²) in [5.74, 6) is -1.72. The maximum atomic E-state index is 14.7. The van der Waals surface area contributed by atoms with E-state index in [-0.39, 0.29) is 0 Å². The summed E-state index contributed by atoms with van der Waals surface area (Å²) in [6, 6.07) is 42.4. The maximum Gasteiger partial charge on any atom is 0.266 e. The fraction of sp³-hybridized carbons (Fsp3) is 0.132. The molecule has 0 saturated heterocycles. The van der Waals surface area contributed by atoms with Gasteiger partial charge in [0.1, 0.15) is 0 Å². The first-order valence-electron chi connectivity index (χ1n) is 20.1. The van der Waals surface area contributed by atoms with Crippen LogP contribution >= 0.6 is 0 Å². The van der Waals surface area contributed by atoms with Crippen LogP contribution in [0.1, 0.15) is 91.5 Å². The highest BCUT2D eigenvalue weighted by molar-refractivity contribution is 6.36. The largest absolute Gasteiger partial charge is 0.399 e. The van der Waals surface area contributed by atoms with Gasteiger partial charge in [0.15, 0.2) is 0 Å². The molecule has 60 heavy (non-hydrogen) atoms. The van der Waals surface area contributed by atoms with Gasteiger partial charge in [-0.1, -0.05) is 113 Å². The number of carbonyl (C=O) groups is 4. The summed E-state index contributed by atoms with van der Waals surface area (Å²) in [6.07, 6.45) is 0.667. The summed E-state index contributed by atoms with van der Waals surface area (Å²) in [5, 5.41) is 0. The molecule has 4 amide bonds. The minimum absolute atomic E-state index is 0.302. The summed E-state index contributed by atoms with van der Waals surface area (Å²) in [6.45, 7) is 10.1. The number of hydrogen-bond donors (Lipinski definition) is 1. The molecular weight excluding hydrogens is 743 g/mol. The lowest BCUT2D eigenvalue weighted by Crippen LogP contribution is -2.33. The molecule has 0 spiro atoms. The zero-order valence-corrected chi connectivity index (χ0v) is 34.2. The normalized spacial score (nSPS) is 13.3. The average Bonchev–Trinajstić information content (AvgIpc) is 3.60. The smallest absolute Gasteiger partial charge is 0.266 e. The lowest BCUT2D eigenvalue weighted by molar-refractivity contribution is 0.0909. The highest BCUT2D eigenvalue weighted by Gasteiger charge is 2.41. The third-order valence-corrected chi connectivity index (χ3v) is 11.5. The van der Waals surface area contributed by atoms with E-state index < -0.39 is 23.6 Å². The van der Waals surface area contributed by atoms with Crippen molar-refractivity contribution in [2.75, 3.05) is 15.5 Å². The van der Waals surface area contributed by atoms with E-state index in [1.54, 1.807) is 36.4 Å². The van der Waals surface area contributed by atoms with Crippen molar-refractivity contribution in [3.05, 3.63) is 206 Å². The minimum atomic E-state index is -0.441. The van der Waals surface area contributed by atoms with Crippen LogP contribution in [0.5, 0.6) is 0 Å². The van der Waals surface area contributed by atoms with Gasteiger partial charge in [-0.25, -0.2) is 9.80 Å². The van der Waals surface area contributed by atoms with Gasteiger partial charge in [0, 0.05) is 5.69 Å².